The van der Waals surface area contributed by atoms with Gasteiger partial charge in [0.25, 0.3) is 5.91 Å². The molecule has 0 aliphatic carbocycles. The molecule has 1 unspecified atom stereocenters. The third kappa shape index (κ3) is 3.72. The van der Waals surface area contributed by atoms with Crippen LogP contribution in [0.1, 0.15) is 27.7 Å². The van der Waals surface area contributed by atoms with Crippen LogP contribution in [0.4, 0.5) is 0 Å². The first-order chi connectivity index (χ1) is 15.6. The van der Waals surface area contributed by atoms with Crippen LogP contribution in [0, 0.1) is 0 Å². The minimum absolute atomic E-state index is 0.114. The predicted octanol–water partition coefficient (Wildman–Crippen LogP) is 3.44. The lowest BCUT2D eigenvalue weighted by atomic mass is 9.98. The SMILES string of the molecule is COc1ccc2c(=O)c3c(oc2c1)C(=O)N(CCN1CCOCC1)C3c1cccc(Br)c1. The highest BCUT2D eigenvalue weighted by atomic mass is 79.9. The van der Waals surface area contributed by atoms with E-state index in [0.29, 0.717) is 48.6 Å². The largest absolute Gasteiger partial charge is 0.497 e. The summed E-state index contributed by atoms with van der Waals surface area (Å²) in [5.74, 6) is 0.418. The molecule has 2 aromatic carbocycles. The topological polar surface area (TPSA) is 72.2 Å². The van der Waals surface area contributed by atoms with Gasteiger partial charge in [-0.05, 0) is 29.8 Å². The van der Waals surface area contributed by atoms with E-state index in [4.69, 9.17) is 13.9 Å². The maximum atomic E-state index is 13.6. The number of hydrogen-bond donors (Lipinski definition) is 0. The molecule has 0 bridgehead atoms. The van der Waals surface area contributed by atoms with Gasteiger partial charge < -0.3 is 18.8 Å². The standard InChI is InChI=1S/C24H23BrN2O5/c1-30-17-5-6-18-19(14-17)32-23-20(22(18)28)21(15-3-2-4-16(25)13-15)27(24(23)29)8-7-26-9-11-31-12-10-26/h2-6,13-14,21H,7-12H2,1H3. The second kappa shape index (κ2) is 8.69. The van der Waals surface area contributed by atoms with Crippen molar-refractivity contribution in [3.8, 4) is 5.75 Å². The molecule has 0 saturated carbocycles. The number of fused-ring (bicyclic) bond motifs is 2. The summed E-state index contributed by atoms with van der Waals surface area (Å²) >= 11 is 3.52. The zero-order valence-corrected chi connectivity index (χ0v) is 19.3. The van der Waals surface area contributed by atoms with Crippen molar-refractivity contribution in [2.75, 3.05) is 46.5 Å². The molecule has 32 heavy (non-hydrogen) atoms. The predicted molar refractivity (Wildman–Crippen MR) is 123 cm³/mol. The molecule has 5 rings (SSSR count). The number of benzene rings is 2. The summed E-state index contributed by atoms with van der Waals surface area (Å²) in [6.07, 6.45) is 0. The number of carbonyl (C=O) groups excluding carboxylic acids is 1. The van der Waals surface area contributed by atoms with Crippen molar-refractivity contribution in [2.45, 2.75) is 6.04 Å². The molecule has 1 aromatic heterocycles. The Morgan fingerprint density at radius 1 is 1.09 bits per heavy atom. The summed E-state index contributed by atoms with van der Waals surface area (Å²) in [5.41, 5.74) is 1.43. The van der Waals surface area contributed by atoms with E-state index >= 15 is 0 Å². The van der Waals surface area contributed by atoms with Crippen molar-refractivity contribution in [1.29, 1.82) is 0 Å². The van der Waals surface area contributed by atoms with Crippen molar-refractivity contribution < 1.29 is 18.7 Å². The van der Waals surface area contributed by atoms with Crippen LogP contribution in [0.15, 0.2) is 56.1 Å². The third-order valence-electron chi connectivity index (χ3n) is 6.10. The van der Waals surface area contributed by atoms with Crippen molar-refractivity contribution in [2.24, 2.45) is 0 Å². The smallest absolute Gasteiger partial charge is 0.290 e. The summed E-state index contributed by atoms with van der Waals surface area (Å²) in [7, 11) is 1.55. The highest BCUT2D eigenvalue weighted by Crippen LogP contribution is 2.39. The van der Waals surface area contributed by atoms with E-state index in [1.807, 2.05) is 24.3 Å². The van der Waals surface area contributed by atoms with Gasteiger partial charge in [-0.3, -0.25) is 14.5 Å². The van der Waals surface area contributed by atoms with E-state index in [9.17, 15) is 9.59 Å². The molecule has 7 nitrogen and oxygen atoms in total. The van der Waals surface area contributed by atoms with E-state index < -0.39 is 6.04 Å². The molecule has 8 heteroatoms. The van der Waals surface area contributed by atoms with Crippen LogP contribution in [-0.4, -0.2) is 62.2 Å². The van der Waals surface area contributed by atoms with Gasteiger partial charge in [-0.15, -0.1) is 0 Å². The number of morpholine rings is 1. The molecule has 166 valence electrons. The van der Waals surface area contributed by atoms with Crippen molar-refractivity contribution in [1.82, 2.24) is 9.80 Å². The fraction of sp³-hybridized carbons (Fsp3) is 0.333. The fourth-order valence-corrected chi connectivity index (χ4v) is 4.87. The molecule has 1 fully saturated rings. The Hall–Kier alpha value is -2.68. The lowest BCUT2D eigenvalue weighted by Crippen LogP contribution is -2.42. The number of nitrogens with zero attached hydrogens (tertiary/aromatic N) is 2. The summed E-state index contributed by atoms with van der Waals surface area (Å²) in [6.45, 7) is 4.23. The molecule has 3 heterocycles. The van der Waals surface area contributed by atoms with Gasteiger partial charge >= 0.3 is 0 Å². The van der Waals surface area contributed by atoms with Gasteiger partial charge in [0, 0.05) is 36.7 Å². The van der Waals surface area contributed by atoms with E-state index in [-0.39, 0.29) is 17.1 Å². The van der Waals surface area contributed by atoms with E-state index in [1.165, 1.54) is 0 Å². The molecule has 1 amide bonds. The average Bonchev–Trinajstić information content (AvgIpc) is 3.10. The van der Waals surface area contributed by atoms with Gasteiger partial charge in [0.2, 0.25) is 5.76 Å². The third-order valence-corrected chi connectivity index (χ3v) is 6.59. The molecule has 0 N–H and O–H groups in total. The van der Waals surface area contributed by atoms with Gasteiger partial charge in [-0.25, -0.2) is 0 Å². The number of amides is 1. The van der Waals surface area contributed by atoms with Gasteiger partial charge in [-0.1, -0.05) is 28.1 Å². The number of rotatable bonds is 5. The first-order valence-electron chi connectivity index (χ1n) is 10.6. The molecular formula is C24H23BrN2O5. The number of carbonyl (C=O) groups is 1. The second-order valence-corrected chi connectivity index (χ2v) is 8.86. The quantitative estimate of drug-likeness (QED) is 0.536. The highest BCUT2D eigenvalue weighted by molar-refractivity contribution is 9.10. The number of hydrogen-bond acceptors (Lipinski definition) is 6. The lowest BCUT2D eigenvalue weighted by Gasteiger charge is -2.31. The van der Waals surface area contributed by atoms with Crippen LogP contribution in [0.2, 0.25) is 0 Å². The van der Waals surface area contributed by atoms with Crippen LogP contribution < -0.4 is 10.2 Å². The Morgan fingerprint density at radius 3 is 2.66 bits per heavy atom. The Labute approximate surface area is 193 Å². The zero-order valence-electron chi connectivity index (χ0n) is 17.7. The summed E-state index contributed by atoms with van der Waals surface area (Å²) < 4.78 is 17.6. The maximum absolute atomic E-state index is 13.6. The van der Waals surface area contributed by atoms with Gasteiger partial charge in [0.05, 0.1) is 37.3 Å². The summed E-state index contributed by atoms with van der Waals surface area (Å²) in [6, 6.07) is 12.3. The van der Waals surface area contributed by atoms with E-state index in [0.717, 1.165) is 23.1 Å². The number of ether oxygens (including phenoxy) is 2. The molecule has 1 saturated heterocycles. The van der Waals surface area contributed by atoms with E-state index in [1.54, 1.807) is 30.2 Å². The first-order valence-corrected chi connectivity index (χ1v) is 11.4. The average molecular weight is 499 g/mol. The molecule has 2 aliphatic rings. The van der Waals surface area contributed by atoms with Crippen molar-refractivity contribution in [3.63, 3.8) is 0 Å². The summed E-state index contributed by atoms with van der Waals surface area (Å²) in [5, 5.41) is 0.437. The monoisotopic (exact) mass is 498 g/mol. The summed E-state index contributed by atoms with van der Waals surface area (Å²) in [4.78, 5) is 31.1. The lowest BCUT2D eigenvalue weighted by molar-refractivity contribution is 0.0314. The molecule has 0 spiro atoms. The molecule has 0 radical (unpaired) electrons. The Morgan fingerprint density at radius 2 is 1.91 bits per heavy atom. The van der Waals surface area contributed by atoms with Crippen LogP contribution in [0.3, 0.4) is 0 Å². The number of methoxy groups -OCH3 is 1. The normalized spacial score (nSPS) is 18.9. The first kappa shape index (κ1) is 21.2. The molecule has 1 atom stereocenters. The van der Waals surface area contributed by atoms with Crippen molar-refractivity contribution >= 4 is 32.8 Å². The van der Waals surface area contributed by atoms with Gasteiger partial charge in [-0.2, -0.15) is 0 Å². The van der Waals surface area contributed by atoms with Crippen LogP contribution in [0.5, 0.6) is 5.75 Å². The Kier molecular flexibility index (Phi) is 5.75. The minimum atomic E-state index is -0.501. The molecule has 2 aliphatic heterocycles. The van der Waals surface area contributed by atoms with Crippen LogP contribution in [-0.2, 0) is 4.74 Å². The fourth-order valence-electron chi connectivity index (χ4n) is 4.45. The Bertz CT molecular complexity index is 1230. The van der Waals surface area contributed by atoms with Crippen LogP contribution >= 0.6 is 15.9 Å². The molecule has 3 aromatic rings. The van der Waals surface area contributed by atoms with Gasteiger partial charge in [0.1, 0.15) is 11.3 Å². The number of halogens is 1. The minimum Gasteiger partial charge on any atom is -0.497 e. The van der Waals surface area contributed by atoms with Crippen LogP contribution in [0.25, 0.3) is 11.0 Å². The second-order valence-electron chi connectivity index (χ2n) is 7.95. The van der Waals surface area contributed by atoms with Crippen molar-refractivity contribution in [3.05, 3.63) is 74.0 Å². The highest BCUT2D eigenvalue weighted by Gasteiger charge is 2.42. The zero-order chi connectivity index (χ0) is 22.2. The van der Waals surface area contributed by atoms with E-state index in [2.05, 4.69) is 20.8 Å². The maximum Gasteiger partial charge on any atom is 0.290 e. The Balaban J connectivity index is 1.61. The van der Waals surface area contributed by atoms with Gasteiger partial charge in [0.15, 0.2) is 5.43 Å². The molecular weight excluding hydrogens is 476 g/mol.